The van der Waals surface area contributed by atoms with Crippen molar-refractivity contribution in [2.24, 2.45) is 0 Å². The van der Waals surface area contributed by atoms with E-state index >= 15 is 0 Å². The van der Waals surface area contributed by atoms with Crippen molar-refractivity contribution >= 4 is 11.6 Å². The Morgan fingerprint density at radius 1 is 1.31 bits per heavy atom. The second-order valence-corrected chi connectivity index (χ2v) is 4.07. The lowest BCUT2D eigenvalue weighted by Gasteiger charge is -2.16. The van der Waals surface area contributed by atoms with Crippen LogP contribution in [0.15, 0.2) is 18.2 Å². The maximum Gasteiger partial charge on any atom is 0.238 e. The number of carbonyl (C=O) groups excluding carboxylic acids is 1. The molecule has 0 aromatic heterocycles. The lowest BCUT2D eigenvalue weighted by atomic mass is 9.91. The molecule has 1 aliphatic carbocycles. The molecule has 1 aliphatic rings. The molecule has 0 atom stereocenters. The molecular weight excluding hydrogens is 200 g/mol. The smallest absolute Gasteiger partial charge is 0.238 e. The molecule has 0 aliphatic heterocycles. The number of nitrogens with zero attached hydrogens (tertiary/aromatic N) is 1. The van der Waals surface area contributed by atoms with Crippen LogP contribution in [-0.2, 0) is 17.6 Å². The van der Waals surface area contributed by atoms with E-state index in [0.717, 1.165) is 18.5 Å². The predicted molar refractivity (Wildman–Crippen MR) is 61.9 cm³/mol. The summed E-state index contributed by atoms with van der Waals surface area (Å²) in [5.74, 6) is -0.238. The summed E-state index contributed by atoms with van der Waals surface area (Å²) in [6.07, 6.45) is 4.63. The van der Waals surface area contributed by atoms with E-state index in [1.807, 2.05) is 18.2 Å². The fourth-order valence-corrected chi connectivity index (χ4v) is 2.09. The fourth-order valence-electron chi connectivity index (χ4n) is 2.09. The van der Waals surface area contributed by atoms with Gasteiger partial charge >= 0.3 is 0 Å². The molecule has 3 nitrogen and oxygen atoms in total. The number of fused-ring (bicyclic) bond motifs is 1. The van der Waals surface area contributed by atoms with Crippen LogP contribution in [0.2, 0.25) is 0 Å². The zero-order chi connectivity index (χ0) is 11.4. The third-order valence-electron chi connectivity index (χ3n) is 2.87. The molecule has 0 unspecified atom stereocenters. The van der Waals surface area contributed by atoms with Crippen molar-refractivity contribution in [1.29, 1.82) is 5.26 Å². The van der Waals surface area contributed by atoms with Crippen molar-refractivity contribution in [2.75, 3.05) is 5.32 Å². The molecule has 1 amide bonds. The van der Waals surface area contributed by atoms with E-state index in [1.165, 1.54) is 24.0 Å². The van der Waals surface area contributed by atoms with Gasteiger partial charge in [-0.05, 0) is 48.9 Å². The Morgan fingerprint density at radius 3 is 2.81 bits per heavy atom. The van der Waals surface area contributed by atoms with Gasteiger partial charge < -0.3 is 5.32 Å². The SMILES string of the molecule is N#CCC(=O)Nc1ccc2c(c1)CCCC2. The average molecular weight is 214 g/mol. The molecule has 3 heteroatoms. The number of nitrogens with one attached hydrogen (secondary N) is 1. The highest BCUT2D eigenvalue weighted by Gasteiger charge is 2.10. The number of rotatable bonds is 2. The minimum Gasteiger partial charge on any atom is -0.325 e. The van der Waals surface area contributed by atoms with Crippen LogP contribution in [-0.4, -0.2) is 5.91 Å². The number of amides is 1. The molecule has 0 saturated carbocycles. The number of hydrogen-bond acceptors (Lipinski definition) is 2. The van der Waals surface area contributed by atoms with Gasteiger partial charge in [0.15, 0.2) is 0 Å². The Labute approximate surface area is 95.1 Å². The Morgan fingerprint density at radius 2 is 2.06 bits per heavy atom. The number of carbonyl (C=O) groups is 1. The van der Waals surface area contributed by atoms with Gasteiger partial charge in [0, 0.05) is 5.69 Å². The Bertz CT molecular complexity index is 446. The van der Waals surface area contributed by atoms with Gasteiger partial charge in [-0.2, -0.15) is 5.26 Å². The Balaban J connectivity index is 2.12. The quantitative estimate of drug-likeness (QED) is 0.822. The molecule has 1 aromatic rings. The van der Waals surface area contributed by atoms with Crippen molar-refractivity contribution in [3.8, 4) is 6.07 Å². The number of benzene rings is 1. The van der Waals surface area contributed by atoms with Crippen LogP contribution in [0.1, 0.15) is 30.4 Å². The first-order chi connectivity index (χ1) is 7.79. The first-order valence-corrected chi connectivity index (χ1v) is 5.58. The molecule has 1 N–H and O–H groups in total. The normalized spacial score (nSPS) is 13.7. The topological polar surface area (TPSA) is 52.9 Å². The number of hydrogen-bond donors (Lipinski definition) is 1. The second-order valence-electron chi connectivity index (χ2n) is 4.07. The Kier molecular flexibility index (Phi) is 3.21. The molecule has 16 heavy (non-hydrogen) atoms. The zero-order valence-corrected chi connectivity index (χ0v) is 9.12. The minimum atomic E-state index is -0.238. The zero-order valence-electron chi connectivity index (χ0n) is 9.12. The van der Waals surface area contributed by atoms with Gasteiger partial charge in [-0.1, -0.05) is 6.07 Å². The van der Waals surface area contributed by atoms with Crippen LogP contribution in [0.3, 0.4) is 0 Å². The maximum absolute atomic E-state index is 11.2. The van der Waals surface area contributed by atoms with Crippen molar-refractivity contribution in [3.05, 3.63) is 29.3 Å². The van der Waals surface area contributed by atoms with Gasteiger partial charge in [0.25, 0.3) is 0 Å². The molecule has 0 bridgehead atoms. The van der Waals surface area contributed by atoms with Crippen LogP contribution in [0.25, 0.3) is 0 Å². The number of anilines is 1. The van der Waals surface area contributed by atoms with Crippen LogP contribution < -0.4 is 5.32 Å². The van der Waals surface area contributed by atoms with Gasteiger partial charge in [-0.15, -0.1) is 0 Å². The molecule has 0 fully saturated rings. The van der Waals surface area contributed by atoms with Crippen LogP contribution in [0, 0.1) is 11.3 Å². The fraction of sp³-hybridized carbons (Fsp3) is 0.385. The lowest BCUT2D eigenvalue weighted by molar-refractivity contribution is -0.115. The first kappa shape index (κ1) is 10.7. The summed E-state index contributed by atoms with van der Waals surface area (Å²) in [4.78, 5) is 11.2. The third kappa shape index (κ3) is 2.40. The highest BCUT2D eigenvalue weighted by molar-refractivity contribution is 5.92. The van der Waals surface area contributed by atoms with E-state index in [9.17, 15) is 4.79 Å². The average Bonchev–Trinajstić information content (AvgIpc) is 2.29. The van der Waals surface area contributed by atoms with Crippen molar-refractivity contribution < 1.29 is 4.79 Å². The Hall–Kier alpha value is -1.82. The standard InChI is InChI=1S/C13H14N2O/c14-8-7-13(16)15-12-6-5-10-3-1-2-4-11(10)9-12/h5-6,9H,1-4,7H2,(H,15,16). The molecule has 1 aromatic carbocycles. The summed E-state index contributed by atoms with van der Waals surface area (Å²) in [5, 5.41) is 11.1. The van der Waals surface area contributed by atoms with Crippen LogP contribution in [0.5, 0.6) is 0 Å². The van der Waals surface area contributed by atoms with E-state index in [4.69, 9.17) is 5.26 Å². The summed E-state index contributed by atoms with van der Waals surface area (Å²) >= 11 is 0. The molecule has 0 saturated heterocycles. The number of aryl methyl sites for hydroxylation is 2. The molecule has 0 spiro atoms. The molecular formula is C13H14N2O. The van der Waals surface area contributed by atoms with Crippen LogP contribution >= 0.6 is 0 Å². The van der Waals surface area contributed by atoms with Gasteiger partial charge in [0.05, 0.1) is 6.07 Å². The van der Waals surface area contributed by atoms with Crippen molar-refractivity contribution in [3.63, 3.8) is 0 Å². The summed E-state index contributed by atoms with van der Waals surface area (Å²) in [5.41, 5.74) is 3.53. The van der Waals surface area contributed by atoms with E-state index in [2.05, 4.69) is 11.4 Å². The summed E-state index contributed by atoms with van der Waals surface area (Å²) in [6, 6.07) is 7.87. The highest BCUT2D eigenvalue weighted by atomic mass is 16.1. The van der Waals surface area contributed by atoms with Gasteiger partial charge in [-0.25, -0.2) is 0 Å². The third-order valence-corrected chi connectivity index (χ3v) is 2.87. The van der Waals surface area contributed by atoms with Gasteiger partial charge in [0.1, 0.15) is 6.42 Å². The first-order valence-electron chi connectivity index (χ1n) is 5.58. The molecule has 2 rings (SSSR count). The summed E-state index contributed by atoms with van der Waals surface area (Å²) in [6.45, 7) is 0. The number of nitriles is 1. The van der Waals surface area contributed by atoms with E-state index in [0.29, 0.717) is 0 Å². The van der Waals surface area contributed by atoms with E-state index < -0.39 is 0 Å². The predicted octanol–water partition coefficient (Wildman–Crippen LogP) is 2.42. The maximum atomic E-state index is 11.2. The molecule has 0 heterocycles. The summed E-state index contributed by atoms with van der Waals surface area (Å²) < 4.78 is 0. The molecule has 0 radical (unpaired) electrons. The minimum absolute atomic E-state index is 0.0862. The lowest BCUT2D eigenvalue weighted by Crippen LogP contribution is -2.11. The van der Waals surface area contributed by atoms with Crippen molar-refractivity contribution in [1.82, 2.24) is 0 Å². The summed E-state index contributed by atoms with van der Waals surface area (Å²) in [7, 11) is 0. The van der Waals surface area contributed by atoms with E-state index in [-0.39, 0.29) is 12.3 Å². The molecule has 82 valence electrons. The van der Waals surface area contributed by atoms with E-state index in [1.54, 1.807) is 0 Å². The van der Waals surface area contributed by atoms with Gasteiger partial charge in [-0.3, -0.25) is 4.79 Å². The monoisotopic (exact) mass is 214 g/mol. The largest absolute Gasteiger partial charge is 0.325 e. The van der Waals surface area contributed by atoms with Gasteiger partial charge in [0.2, 0.25) is 5.91 Å². The second kappa shape index (κ2) is 4.80. The highest BCUT2D eigenvalue weighted by Crippen LogP contribution is 2.24. The van der Waals surface area contributed by atoms with Crippen molar-refractivity contribution in [2.45, 2.75) is 32.1 Å². The van der Waals surface area contributed by atoms with Crippen LogP contribution in [0.4, 0.5) is 5.69 Å².